The van der Waals surface area contributed by atoms with Gasteiger partial charge in [-0.1, -0.05) is 18.2 Å². The molecule has 2 rings (SSSR count). The smallest absolute Gasteiger partial charge is 0.530 e. The number of rotatable bonds is 8. The number of amides is 1. The maximum Gasteiger partial charge on any atom is 1.00 e. The summed E-state index contributed by atoms with van der Waals surface area (Å²) in [5, 5.41) is 35.8. The molecule has 0 heterocycles. The van der Waals surface area contributed by atoms with Gasteiger partial charge in [0.15, 0.2) is 0 Å². The zero-order chi connectivity index (χ0) is 19.1. The summed E-state index contributed by atoms with van der Waals surface area (Å²) in [6, 6.07) is 12.2. The second-order valence-electron chi connectivity index (χ2n) is 6.07. The molecule has 0 saturated carbocycles. The minimum absolute atomic E-state index is 0. The Bertz CT molecular complexity index is 739. The molecule has 7 nitrogen and oxygen atoms in total. The van der Waals surface area contributed by atoms with Gasteiger partial charge in [0.1, 0.15) is 17.6 Å². The van der Waals surface area contributed by atoms with Gasteiger partial charge in [0.2, 0.25) is 0 Å². The molecule has 140 valence electrons. The van der Waals surface area contributed by atoms with Crippen molar-refractivity contribution in [2.24, 2.45) is 0 Å². The second kappa shape index (κ2) is 11.2. The number of methoxy groups -OCH3 is 1. The van der Waals surface area contributed by atoms with E-state index < -0.39 is 12.2 Å². The molecule has 0 bridgehead atoms. The van der Waals surface area contributed by atoms with Crippen LogP contribution in [-0.4, -0.2) is 36.0 Å². The van der Waals surface area contributed by atoms with Crippen molar-refractivity contribution in [3.05, 3.63) is 53.6 Å². The van der Waals surface area contributed by atoms with Crippen LogP contribution in [0.15, 0.2) is 42.5 Å². The molecule has 0 radical (unpaired) electrons. The van der Waals surface area contributed by atoms with Crippen molar-refractivity contribution < 1.29 is 54.4 Å². The molecule has 27 heavy (non-hydrogen) atoms. The van der Waals surface area contributed by atoms with E-state index in [9.17, 15) is 20.1 Å². The molecule has 0 unspecified atom stereocenters. The maximum absolute atomic E-state index is 10.6. The Labute approximate surface area is 180 Å². The standard InChI is InChI=1S/C19H24N2O5.Na/c1-12(9-13-3-6-15(26-2)7-4-13)20-11-18(23)14-5-8-17(22)16(10-14)21-19(24)25;/h3-8,10,12,18,20-23H,9,11H2,1-2H3,(H,24,25);/q;+1/p-1/t12-,18+;/m1./s1. The summed E-state index contributed by atoms with van der Waals surface area (Å²) in [5.74, 6) is 0.573. The number of aromatic hydroxyl groups is 1. The largest absolute Gasteiger partial charge is 1.00 e. The Hall–Kier alpha value is -1.77. The molecule has 0 aliphatic heterocycles. The molecule has 2 atom stereocenters. The number of phenolic OH excluding ortho intramolecular Hbond substituents is 1. The first-order valence-corrected chi connectivity index (χ1v) is 8.24. The number of hydrogen-bond acceptors (Lipinski definition) is 6. The Morgan fingerprint density at radius 1 is 1.22 bits per heavy atom. The van der Waals surface area contributed by atoms with Gasteiger partial charge in [-0.15, -0.1) is 0 Å². The fraction of sp³-hybridized carbons (Fsp3) is 0.316. The van der Waals surface area contributed by atoms with Crippen molar-refractivity contribution in [3.8, 4) is 11.5 Å². The van der Waals surface area contributed by atoms with Gasteiger partial charge < -0.3 is 35.5 Å². The summed E-state index contributed by atoms with van der Waals surface area (Å²) in [4.78, 5) is 10.6. The number of carboxylic acid groups (broad SMARTS) is 1. The summed E-state index contributed by atoms with van der Waals surface area (Å²) in [6.07, 6.45) is -1.60. The van der Waals surface area contributed by atoms with Crippen LogP contribution in [0.3, 0.4) is 0 Å². The van der Waals surface area contributed by atoms with E-state index in [4.69, 9.17) is 4.74 Å². The van der Waals surface area contributed by atoms with E-state index in [1.807, 2.05) is 36.5 Å². The number of anilines is 1. The molecule has 0 saturated heterocycles. The number of hydrogen-bond donors (Lipinski definition) is 4. The number of phenols is 1. The average molecular weight is 382 g/mol. The Balaban J connectivity index is 0.00000364. The van der Waals surface area contributed by atoms with Crippen LogP contribution >= 0.6 is 0 Å². The van der Waals surface area contributed by atoms with Crippen LogP contribution in [0.4, 0.5) is 10.5 Å². The van der Waals surface area contributed by atoms with Gasteiger partial charge in [-0.3, -0.25) is 0 Å². The Kier molecular flexibility index (Phi) is 9.62. The number of aliphatic hydroxyl groups excluding tert-OH is 1. The first-order valence-electron chi connectivity index (χ1n) is 8.24. The monoisotopic (exact) mass is 382 g/mol. The molecule has 0 fully saturated rings. The van der Waals surface area contributed by atoms with E-state index in [1.54, 1.807) is 7.11 Å². The third-order valence-corrected chi connectivity index (χ3v) is 4.00. The van der Waals surface area contributed by atoms with Crippen LogP contribution in [0.1, 0.15) is 24.2 Å². The van der Waals surface area contributed by atoms with Crippen LogP contribution in [0.5, 0.6) is 11.5 Å². The minimum Gasteiger partial charge on any atom is -0.530 e. The van der Waals surface area contributed by atoms with Gasteiger partial charge in [0, 0.05) is 12.6 Å². The van der Waals surface area contributed by atoms with Crippen molar-refractivity contribution in [2.45, 2.75) is 25.5 Å². The zero-order valence-electron chi connectivity index (χ0n) is 15.7. The molecule has 2 aromatic carbocycles. The predicted octanol–water partition coefficient (Wildman–Crippen LogP) is -1.59. The van der Waals surface area contributed by atoms with Crippen LogP contribution < -0.4 is 50.0 Å². The molecule has 0 aliphatic rings. The third-order valence-electron chi connectivity index (χ3n) is 4.00. The first kappa shape index (κ1) is 23.3. The van der Waals surface area contributed by atoms with Crippen LogP contribution in [0.25, 0.3) is 0 Å². The molecule has 4 N–H and O–H groups in total. The number of carbonyl (C=O) groups excluding carboxylic acids is 1. The van der Waals surface area contributed by atoms with E-state index in [-0.39, 0.29) is 53.6 Å². The van der Waals surface area contributed by atoms with E-state index in [2.05, 4.69) is 5.32 Å². The quantitative estimate of drug-likeness (QED) is 0.324. The van der Waals surface area contributed by atoms with E-state index >= 15 is 0 Å². The molecular formula is C19H23N2NaO5. The van der Waals surface area contributed by atoms with E-state index in [0.29, 0.717) is 5.56 Å². The summed E-state index contributed by atoms with van der Waals surface area (Å²) in [7, 11) is 1.62. The third kappa shape index (κ3) is 7.40. The summed E-state index contributed by atoms with van der Waals surface area (Å²) in [5.41, 5.74) is 1.61. The minimum atomic E-state index is -1.53. The first-order chi connectivity index (χ1) is 12.4. The SMILES string of the molecule is COc1ccc(C[C@@H](C)NC[C@H](O)c2ccc(O)c(NC(=O)[O-])c2)cc1.[Na+]. The Morgan fingerprint density at radius 3 is 2.48 bits per heavy atom. The van der Waals surface area contributed by atoms with Crippen molar-refractivity contribution in [1.82, 2.24) is 5.32 Å². The number of carbonyl (C=O) groups is 1. The molecule has 2 aromatic rings. The van der Waals surface area contributed by atoms with Gasteiger partial charge in [-0.05, 0) is 48.7 Å². The van der Waals surface area contributed by atoms with Crippen molar-refractivity contribution in [2.75, 3.05) is 19.0 Å². The molecule has 0 spiro atoms. The Morgan fingerprint density at radius 2 is 1.89 bits per heavy atom. The van der Waals surface area contributed by atoms with Crippen LogP contribution in [0, 0.1) is 0 Å². The molecular weight excluding hydrogens is 359 g/mol. The van der Waals surface area contributed by atoms with Crippen LogP contribution in [0.2, 0.25) is 0 Å². The van der Waals surface area contributed by atoms with E-state index in [1.165, 1.54) is 18.2 Å². The summed E-state index contributed by atoms with van der Waals surface area (Å²) >= 11 is 0. The predicted molar refractivity (Wildman–Crippen MR) is 96.2 cm³/mol. The fourth-order valence-corrected chi connectivity index (χ4v) is 2.59. The molecule has 1 amide bonds. The summed E-state index contributed by atoms with van der Waals surface area (Å²) < 4.78 is 5.13. The second-order valence-corrected chi connectivity index (χ2v) is 6.07. The molecule has 0 aliphatic carbocycles. The van der Waals surface area contributed by atoms with Gasteiger partial charge in [0.25, 0.3) is 0 Å². The van der Waals surface area contributed by atoms with Gasteiger partial charge in [0.05, 0.1) is 18.9 Å². The normalized spacial score (nSPS) is 12.6. The fourth-order valence-electron chi connectivity index (χ4n) is 2.59. The summed E-state index contributed by atoms with van der Waals surface area (Å²) in [6.45, 7) is 2.30. The zero-order valence-corrected chi connectivity index (χ0v) is 17.7. The number of aliphatic hydroxyl groups is 1. The van der Waals surface area contributed by atoms with Crippen molar-refractivity contribution in [3.63, 3.8) is 0 Å². The average Bonchev–Trinajstić information content (AvgIpc) is 2.62. The van der Waals surface area contributed by atoms with E-state index in [0.717, 1.165) is 17.7 Å². The maximum atomic E-state index is 10.6. The van der Waals surface area contributed by atoms with Gasteiger partial charge in [-0.25, -0.2) is 0 Å². The van der Waals surface area contributed by atoms with Crippen molar-refractivity contribution in [1.29, 1.82) is 0 Å². The van der Waals surface area contributed by atoms with Crippen LogP contribution in [-0.2, 0) is 6.42 Å². The number of nitrogens with one attached hydrogen (secondary N) is 2. The molecule has 8 heteroatoms. The van der Waals surface area contributed by atoms with Crippen molar-refractivity contribution >= 4 is 11.8 Å². The topological polar surface area (TPSA) is 114 Å². The number of ether oxygens (including phenoxy) is 1. The van der Waals surface area contributed by atoms with Gasteiger partial charge in [-0.2, -0.15) is 0 Å². The number of benzene rings is 2. The molecule has 0 aromatic heterocycles. The van der Waals surface area contributed by atoms with Gasteiger partial charge >= 0.3 is 29.6 Å².